The van der Waals surface area contributed by atoms with Crippen molar-refractivity contribution in [2.75, 3.05) is 6.54 Å². The molecule has 134 valence electrons. The highest BCUT2D eigenvalue weighted by atomic mass is 19.1. The SMILES string of the molecule is CCCN1C(=O)N/C(=C/c2ccc(OCc3cccc(F)c3)cc2)C1=O. The van der Waals surface area contributed by atoms with Crippen molar-refractivity contribution in [3.63, 3.8) is 0 Å². The van der Waals surface area contributed by atoms with E-state index in [9.17, 15) is 14.0 Å². The predicted molar refractivity (Wildman–Crippen MR) is 95.7 cm³/mol. The molecule has 1 saturated heterocycles. The number of hydrogen-bond acceptors (Lipinski definition) is 3. The topological polar surface area (TPSA) is 58.6 Å². The summed E-state index contributed by atoms with van der Waals surface area (Å²) in [6, 6.07) is 12.9. The molecule has 1 heterocycles. The number of amides is 3. The number of benzene rings is 2. The molecule has 0 atom stereocenters. The fourth-order valence-corrected chi connectivity index (χ4v) is 2.62. The highest BCUT2D eigenvalue weighted by molar-refractivity contribution is 6.13. The van der Waals surface area contributed by atoms with Crippen molar-refractivity contribution < 1.29 is 18.7 Å². The van der Waals surface area contributed by atoms with Crippen molar-refractivity contribution in [1.29, 1.82) is 0 Å². The largest absolute Gasteiger partial charge is 0.489 e. The molecule has 0 saturated carbocycles. The van der Waals surface area contributed by atoms with Crippen molar-refractivity contribution in [2.24, 2.45) is 0 Å². The molecule has 1 N–H and O–H groups in total. The number of ether oxygens (including phenoxy) is 1. The maximum Gasteiger partial charge on any atom is 0.329 e. The Balaban J connectivity index is 1.64. The zero-order valence-corrected chi connectivity index (χ0v) is 14.4. The van der Waals surface area contributed by atoms with E-state index < -0.39 is 6.03 Å². The van der Waals surface area contributed by atoms with Gasteiger partial charge in [0.1, 0.15) is 23.9 Å². The molecule has 3 rings (SSSR count). The van der Waals surface area contributed by atoms with Gasteiger partial charge in [-0.25, -0.2) is 9.18 Å². The van der Waals surface area contributed by atoms with E-state index in [1.165, 1.54) is 17.0 Å². The third-order valence-corrected chi connectivity index (χ3v) is 3.90. The molecular weight excluding hydrogens is 335 g/mol. The fourth-order valence-electron chi connectivity index (χ4n) is 2.62. The summed E-state index contributed by atoms with van der Waals surface area (Å²) in [5.41, 5.74) is 1.77. The van der Waals surface area contributed by atoms with Crippen LogP contribution in [0, 0.1) is 5.82 Å². The van der Waals surface area contributed by atoms with Crippen LogP contribution in [0.5, 0.6) is 5.75 Å². The molecule has 26 heavy (non-hydrogen) atoms. The van der Waals surface area contributed by atoms with Crippen LogP contribution in [0.4, 0.5) is 9.18 Å². The van der Waals surface area contributed by atoms with Gasteiger partial charge in [-0.2, -0.15) is 0 Å². The Kier molecular flexibility index (Phi) is 5.31. The first-order chi connectivity index (χ1) is 12.6. The Morgan fingerprint density at radius 2 is 1.92 bits per heavy atom. The second-order valence-corrected chi connectivity index (χ2v) is 5.93. The van der Waals surface area contributed by atoms with E-state index in [1.807, 2.05) is 6.92 Å². The van der Waals surface area contributed by atoms with Crippen LogP contribution >= 0.6 is 0 Å². The average Bonchev–Trinajstić information content (AvgIpc) is 2.89. The number of nitrogens with zero attached hydrogens (tertiary/aromatic N) is 1. The number of rotatable bonds is 6. The summed E-state index contributed by atoms with van der Waals surface area (Å²) in [4.78, 5) is 25.2. The van der Waals surface area contributed by atoms with Gasteiger partial charge in [0, 0.05) is 6.54 Å². The summed E-state index contributed by atoms with van der Waals surface area (Å²) in [6.45, 7) is 2.57. The molecule has 1 aliphatic heterocycles. The molecule has 0 spiro atoms. The van der Waals surface area contributed by atoms with E-state index in [0.29, 0.717) is 18.7 Å². The van der Waals surface area contributed by atoms with Gasteiger partial charge in [0.05, 0.1) is 0 Å². The number of urea groups is 1. The van der Waals surface area contributed by atoms with Gasteiger partial charge in [0.15, 0.2) is 0 Å². The maximum absolute atomic E-state index is 13.2. The first-order valence-corrected chi connectivity index (χ1v) is 8.38. The first-order valence-electron chi connectivity index (χ1n) is 8.38. The summed E-state index contributed by atoms with van der Waals surface area (Å²) in [6.07, 6.45) is 2.34. The number of imide groups is 1. The van der Waals surface area contributed by atoms with Crippen molar-refractivity contribution in [2.45, 2.75) is 20.0 Å². The summed E-state index contributed by atoms with van der Waals surface area (Å²) >= 11 is 0. The van der Waals surface area contributed by atoms with Crippen LogP contribution in [0.15, 0.2) is 54.2 Å². The van der Waals surface area contributed by atoms with Gasteiger partial charge in [-0.1, -0.05) is 31.2 Å². The first kappa shape index (κ1) is 17.7. The van der Waals surface area contributed by atoms with Crippen molar-refractivity contribution in [3.8, 4) is 5.75 Å². The Hall–Kier alpha value is -3.15. The highest BCUT2D eigenvalue weighted by Gasteiger charge is 2.32. The van der Waals surface area contributed by atoms with E-state index in [1.54, 1.807) is 42.5 Å². The number of halogens is 1. The molecule has 6 heteroatoms. The van der Waals surface area contributed by atoms with Crippen LogP contribution < -0.4 is 10.1 Å². The van der Waals surface area contributed by atoms with Crippen molar-refractivity contribution in [3.05, 3.63) is 71.2 Å². The molecule has 0 bridgehead atoms. The molecule has 1 aliphatic rings. The van der Waals surface area contributed by atoms with E-state index in [2.05, 4.69) is 5.32 Å². The number of carbonyl (C=O) groups is 2. The van der Waals surface area contributed by atoms with Crippen molar-refractivity contribution >= 4 is 18.0 Å². The average molecular weight is 354 g/mol. The zero-order valence-electron chi connectivity index (χ0n) is 14.4. The lowest BCUT2D eigenvalue weighted by molar-refractivity contribution is -0.122. The Morgan fingerprint density at radius 1 is 1.15 bits per heavy atom. The molecule has 0 unspecified atom stereocenters. The second-order valence-electron chi connectivity index (χ2n) is 5.93. The van der Waals surface area contributed by atoms with Gasteiger partial charge in [-0.15, -0.1) is 0 Å². The van der Waals surface area contributed by atoms with Crippen LogP contribution in [-0.2, 0) is 11.4 Å². The lowest BCUT2D eigenvalue weighted by Crippen LogP contribution is -2.31. The van der Waals surface area contributed by atoms with Gasteiger partial charge in [0.2, 0.25) is 0 Å². The standard InChI is InChI=1S/C20H19FN2O3/c1-2-10-23-19(24)18(22-20(23)25)12-14-6-8-17(9-7-14)26-13-15-4-3-5-16(21)11-15/h3-9,11-12H,2,10,13H2,1H3,(H,22,25)/b18-12+. The molecule has 2 aromatic carbocycles. The van der Waals surface area contributed by atoms with Gasteiger partial charge in [-0.05, 0) is 47.9 Å². The minimum absolute atomic E-state index is 0.261. The van der Waals surface area contributed by atoms with E-state index in [-0.39, 0.29) is 24.0 Å². The number of carbonyl (C=O) groups excluding carboxylic acids is 2. The van der Waals surface area contributed by atoms with Crippen LogP contribution in [0.2, 0.25) is 0 Å². The predicted octanol–water partition coefficient (Wildman–Crippen LogP) is 3.71. The lowest BCUT2D eigenvalue weighted by atomic mass is 10.2. The Labute approximate surface area is 151 Å². The number of nitrogens with one attached hydrogen (secondary N) is 1. The molecule has 3 amide bonds. The fraction of sp³-hybridized carbons (Fsp3) is 0.200. The quantitative estimate of drug-likeness (QED) is 0.635. The molecule has 0 aromatic heterocycles. The summed E-state index contributed by atoms with van der Waals surface area (Å²) in [5.74, 6) is 0.0163. The third kappa shape index (κ3) is 4.08. The van der Waals surface area contributed by atoms with E-state index >= 15 is 0 Å². The smallest absolute Gasteiger partial charge is 0.329 e. The number of hydrogen-bond donors (Lipinski definition) is 1. The third-order valence-electron chi connectivity index (χ3n) is 3.90. The minimum Gasteiger partial charge on any atom is -0.489 e. The highest BCUT2D eigenvalue weighted by Crippen LogP contribution is 2.18. The van der Waals surface area contributed by atoms with Gasteiger partial charge in [-0.3, -0.25) is 9.69 Å². The van der Waals surface area contributed by atoms with E-state index in [4.69, 9.17) is 4.74 Å². The molecule has 1 fully saturated rings. The van der Waals surface area contributed by atoms with Gasteiger partial charge >= 0.3 is 6.03 Å². The van der Waals surface area contributed by atoms with Crippen LogP contribution in [0.1, 0.15) is 24.5 Å². The lowest BCUT2D eigenvalue weighted by Gasteiger charge is -2.08. The monoisotopic (exact) mass is 354 g/mol. The van der Waals surface area contributed by atoms with Gasteiger partial charge in [0.25, 0.3) is 5.91 Å². The molecular formula is C20H19FN2O3. The summed E-state index contributed by atoms with van der Waals surface area (Å²) in [5, 5.41) is 2.59. The van der Waals surface area contributed by atoms with E-state index in [0.717, 1.165) is 11.1 Å². The van der Waals surface area contributed by atoms with Crippen LogP contribution in [0.3, 0.4) is 0 Å². The van der Waals surface area contributed by atoms with Crippen LogP contribution in [0.25, 0.3) is 6.08 Å². The maximum atomic E-state index is 13.2. The zero-order chi connectivity index (χ0) is 18.5. The summed E-state index contributed by atoms with van der Waals surface area (Å²) < 4.78 is 18.8. The van der Waals surface area contributed by atoms with Gasteiger partial charge < -0.3 is 10.1 Å². The Morgan fingerprint density at radius 3 is 2.62 bits per heavy atom. The molecule has 0 radical (unpaired) electrons. The second kappa shape index (κ2) is 7.82. The van der Waals surface area contributed by atoms with Crippen LogP contribution in [-0.4, -0.2) is 23.4 Å². The minimum atomic E-state index is -0.391. The van der Waals surface area contributed by atoms with Crippen molar-refractivity contribution in [1.82, 2.24) is 10.2 Å². The molecule has 2 aromatic rings. The Bertz CT molecular complexity index is 846. The molecule has 0 aliphatic carbocycles. The normalized spacial score (nSPS) is 15.5. The molecule has 5 nitrogen and oxygen atoms in total. The summed E-state index contributed by atoms with van der Waals surface area (Å²) in [7, 11) is 0.